The fraction of sp³-hybridized carbons (Fsp3) is 0.909. The first kappa shape index (κ1) is 13.3. The van der Waals surface area contributed by atoms with E-state index in [0.29, 0.717) is 0 Å². The maximum absolute atomic E-state index is 5.46. The van der Waals surface area contributed by atoms with Gasteiger partial charge < -0.3 is 9.64 Å². The van der Waals surface area contributed by atoms with Gasteiger partial charge in [0.1, 0.15) is 0 Å². The highest BCUT2D eigenvalue weighted by Crippen LogP contribution is 2.29. The van der Waals surface area contributed by atoms with Crippen LogP contribution in [0.25, 0.3) is 0 Å². The van der Waals surface area contributed by atoms with Gasteiger partial charge in [0, 0.05) is 33.4 Å². The number of nitrogens with one attached hydrogen (secondary N) is 1. The average molecular weight is 228 g/mol. The van der Waals surface area contributed by atoms with Crippen molar-refractivity contribution in [1.29, 1.82) is 0 Å². The fourth-order valence-electron chi connectivity index (χ4n) is 1.55. The monoisotopic (exact) mass is 228 g/mol. The lowest BCUT2D eigenvalue weighted by Crippen LogP contribution is -2.43. The van der Waals surface area contributed by atoms with Crippen LogP contribution in [0.2, 0.25) is 0 Å². The Morgan fingerprint density at radius 3 is 2.88 bits per heavy atom. The molecule has 0 unspecified atom stereocenters. The minimum Gasteiger partial charge on any atom is -0.382 e. The smallest absolute Gasteiger partial charge is 0.208 e. The lowest BCUT2D eigenvalue weighted by molar-refractivity contribution is 0.146. The number of nitrogens with zero attached hydrogens (tertiary/aromatic N) is 2. The normalized spacial score (nSPS) is 16.3. The van der Waals surface area contributed by atoms with Crippen molar-refractivity contribution in [2.45, 2.75) is 26.2 Å². The predicted octanol–water partition coefficient (Wildman–Crippen LogP) is 0.574. The predicted molar refractivity (Wildman–Crippen MR) is 66.1 cm³/mol. The molecule has 0 aromatic carbocycles. The van der Waals surface area contributed by atoms with E-state index in [2.05, 4.69) is 15.3 Å². The highest BCUT2D eigenvalue weighted by atomic mass is 16.5. The summed E-state index contributed by atoms with van der Waals surface area (Å²) in [4.78, 5) is 6.52. The fourth-order valence-corrected chi connectivity index (χ4v) is 1.55. The van der Waals surface area contributed by atoms with Crippen molar-refractivity contribution >= 4 is 5.96 Å². The molecular weight excluding hydrogens is 204 g/mol. The summed E-state index contributed by atoms with van der Waals surface area (Å²) >= 11 is 0. The zero-order chi connectivity index (χ0) is 11.8. The summed E-state index contributed by atoms with van der Waals surface area (Å²) in [5, 5.41) is 0. The van der Waals surface area contributed by atoms with Crippen molar-refractivity contribution in [3.63, 3.8) is 0 Å². The molecule has 0 bridgehead atoms. The zero-order valence-corrected chi connectivity index (χ0v) is 10.4. The Labute approximate surface area is 98.0 Å². The van der Waals surface area contributed by atoms with Crippen LogP contribution in [0.15, 0.2) is 4.99 Å². The van der Waals surface area contributed by atoms with Crippen molar-refractivity contribution in [2.75, 3.05) is 33.4 Å². The van der Waals surface area contributed by atoms with Crippen LogP contribution in [-0.4, -0.2) is 44.2 Å². The molecule has 0 heterocycles. The highest BCUT2D eigenvalue weighted by Gasteiger charge is 2.23. The second-order valence-electron chi connectivity index (χ2n) is 4.22. The third-order valence-corrected chi connectivity index (χ3v) is 2.63. The van der Waals surface area contributed by atoms with E-state index in [1.165, 1.54) is 12.8 Å². The van der Waals surface area contributed by atoms with E-state index in [-0.39, 0.29) is 0 Å². The summed E-state index contributed by atoms with van der Waals surface area (Å²) in [5.41, 5.74) is 2.66. The molecule has 0 saturated heterocycles. The number of ether oxygens (including phenoxy) is 1. The Kier molecular flexibility index (Phi) is 6.18. The Hall–Kier alpha value is -0.810. The largest absolute Gasteiger partial charge is 0.382 e. The van der Waals surface area contributed by atoms with E-state index in [0.717, 1.165) is 44.6 Å². The Morgan fingerprint density at radius 2 is 2.31 bits per heavy atom. The van der Waals surface area contributed by atoms with Crippen LogP contribution in [0, 0.1) is 5.92 Å². The zero-order valence-electron chi connectivity index (χ0n) is 10.4. The molecule has 0 aromatic rings. The molecule has 1 aliphatic carbocycles. The highest BCUT2D eigenvalue weighted by molar-refractivity contribution is 5.79. The quantitative estimate of drug-likeness (QED) is 0.220. The Balaban J connectivity index is 2.18. The van der Waals surface area contributed by atoms with Gasteiger partial charge in [0.25, 0.3) is 0 Å². The first-order chi connectivity index (χ1) is 7.77. The Bertz CT molecular complexity index is 216. The van der Waals surface area contributed by atoms with Gasteiger partial charge >= 0.3 is 0 Å². The van der Waals surface area contributed by atoms with Gasteiger partial charge in [0.15, 0.2) is 0 Å². The Morgan fingerprint density at radius 1 is 1.56 bits per heavy atom. The maximum Gasteiger partial charge on any atom is 0.208 e. The molecule has 1 fully saturated rings. The van der Waals surface area contributed by atoms with E-state index in [4.69, 9.17) is 10.6 Å². The molecule has 0 radical (unpaired) electrons. The van der Waals surface area contributed by atoms with Crippen molar-refractivity contribution in [3.05, 3.63) is 0 Å². The number of hydrogen-bond donors (Lipinski definition) is 2. The van der Waals surface area contributed by atoms with Gasteiger partial charge in [-0.2, -0.15) is 0 Å². The lowest BCUT2D eigenvalue weighted by atomic mass is 10.4. The summed E-state index contributed by atoms with van der Waals surface area (Å²) < 4.78 is 5.25. The van der Waals surface area contributed by atoms with Gasteiger partial charge in [-0.25, -0.2) is 5.84 Å². The van der Waals surface area contributed by atoms with Crippen LogP contribution in [0.5, 0.6) is 0 Å². The van der Waals surface area contributed by atoms with Gasteiger partial charge in [0.2, 0.25) is 5.96 Å². The minimum absolute atomic E-state index is 0.758. The molecule has 16 heavy (non-hydrogen) atoms. The second kappa shape index (κ2) is 7.46. The van der Waals surface area contributed by atoms with E-state index in [9.17, 15) is 0 Å². The van der Waals surface area contributed by atoms with E-state index in [1.807, 2.05) is 14.0 Å². The molecule has 5 heteroatoms. The molecule has 1 rings (SSSR count). The molecule has 94 valence electrons. The average Bonchev–Trinajstić information content (AvgIpc) is 3.07. The molecule has 0 aliphatic heterocycles. The van der Waals surface area contributed by atoms with E-state index in [1.54, 1.807) is 0 Å². The third-order valence-electron chi connectivity index (χ3n) is 2.63. The first-order valence-electron chi connectivity index (χ1n) is 6.07. The molecule has 1 aliphatic rings. The molecule has 0 atom stereocenters. The summed E-state index contributed by atoms with van der Waals surface area (Å²) in [6, 6.07) is 0. The molecule has 5 nitrogen and oxygen atoms in total. The summed E-state index contributed by atoms with van der Waals surface area (Å²) in [7, 11) is 2.03. The summed E-state index contributed by atoms with van der Waals surface area (Å²) in [6.07, 6.45) is 3.62. The molecule has 0 spiro atoms. The topological polar surface area (TPSA) is 62.9 Å². The van der Waals surface area contributed by atoms with Crippen LogP contribution < -0.4 is 11.3 Å². The van der Waals surface area contributed by atoms with Crippen LogP contribution in [0.1, 0.15) is 26.2 Å². The second-order valence-corrected chi connectivity index (χ2v) is 4.22. The van der Waals surface area contributed by atoms with Crippen molar-refractivity contribution in [2.24, 2.45) is 16.8 Å². The van der Waals surface area contributed by atoms with Crippen LogP contribution in [-0.2, 0) is 4.74 Å². The number of nitrogens with two attached hydrogens (primary N) is 1. The first-order valence-corrected chi connectivity index (χ1v) is 6.07. The van der Waals surface area contributed by atoms with Gasteiger partial charge in [-0.1, -0.05) is 0 Å². The molecular formula is C11H24N4O. The van der Waals surface area contributed by atoms with Crippen molar-refractivity contribution in [3.8, 4) is 0 Å². The van der Waals surface area contributed by atoms with Gasteiger partial charge in [-0.05, 0) is 32.1 Å². The van der Waals surface area contributed by atoms with Crippen LogP contribution in [0.4, 0.5) is 0 Å². The van der Waals surface area contributed by atoms with Gasteiger partial charge in [-0.15, -0.1) is 0 Å². The summed E-state index contributed by atoms with van der Waals surface area (Å²) in [6.45, 7) is 5.35. The van der Waals surface area contributed by atoms with E-state index >= 15 is 0 Å². The third kappa shape index (κ3) is 5.32. The van der Waals surface area contributed by atoms with Crippen LogP contribution >= 0.6 is 0 Å². The molecule has 0 aromatic heterocycles. The number of rotatable bonds is 7. The molecule has 3 N–H and O–H groups in total. The van der Waals surface area contributed by atoms with E-state index < -0.39 is 0 Å². The number of hydrazine groups is 1. The number of hydrogen-bond acceptors (Lipinski definition) is 3. The minimum atomic E-state index is 0.758. The maximum atomic E-state index is 5.46. The SMILES string of the molecule is CCOCCCN=C(NN)N(C)CC1CC1. The van der Waals surface area contributed by atoms with Crippen LogP contribution in [0.3, 0.4) is 0 Å². The van der Waals surface area contributed by atoms with Crippen molar-refractivity contribution in [1.82, 2.24) is 10.3 Å². The number of aliphatic imine (C=N–C) groups is 1. The molecule has 1 saturated carbocycles. The standard InChI is InChI=1S/C11H24N4O/c1-3-16-8-4-7-13-11(14-12)15(2)9-10-5-6-10/h10H,3-9,12H2,1-2H3,(H,13,14). The number of guanidine groups is 1. The van der Waals surface area contributed by atoms with Crippen molar-refractivity contribution < 1.29 is 4.74 Å². The van der Waals surface area contributed by atoms with Gasteiger partial charge in [0.05, 0.1) is 0 Å². The van der Waals surface area contributed by atoms with Gasteiger partial charge in [-0.3, -0.25) is 10.4 Å². The summed E-state index contributed by atoms with van der Waals surface area (Å²) in [5.74, 6) is 7.08. The molecule has 0 amide bonds. The lowest BCUT2D eigenvalue weighted by Gasteiger charge is -2.20.